The summed E-state index contributed by atoms with van der Waals surface area (Å²) in [5, 5.41) is 0. The SMILES string of the molecule is Br.CCCCCCCC[PH](CCCC)(CCCC)CCCC. The van der Waals surface area contributed by atoms with Crippen molar-refractivity contribution < 1.29 is 0 Å². The molecule has 0 amide bonds. The normalized spacial score (nSPS) is 12.2. The molecule has 0 aromatic heterocycles. The second-order valence-electron chi connectivity index (χ2n) is 7.33. The van der Waals surface area contributed by atoms with Crippen molar-refractivity contribution in [3.8, 4) is 0 Å². The molecule has 0 aliphatic heterocycles. The minimum absolute atomic E-state index is 0. The number of rotatable bonds is 16. The van der Waals surface area contributed by atoms with Crippen LogP contribution in [-0.4, -0.2) is 24.6 Å². The summed E-state index contributed by atoms with van der Waals surface area (Å²) in [5.74, 6) is 0. The van der Waals surface area contributed by atoms with Crippen molar-refractivity contribution in [3.05, 3.63) is 0 Å². The van der Waals surface area contributed by atoms with Gasteiger partial charge in [-0.15, -0.1) is 17.0 Å². The molecule has 0 bridgehead atoms. The van der Waals surface area contributed by atoms with Crippen LogP contribution in [0.4, 0.5) is 0 Å². The van der Waals surface area contributed by atoms with Gasteiger partial charge in [-0.1, -0.05) is 0 Å². The molecule has 0 saturated carbocycles. The third-order valence-electron chi connectivity index (χ3n) is 5.24. The van der Waals surface area contributed by atoms with E-state index in [0.29, 0.717) is 0 Å². The van der Waals surface area contributed by atoms with Gasteiger partial charge < -0.3 is 0 Å². The van der Waals surface area contributed by atoms with Gasteiger partial charge >= 0.3 is 137 Å². The van der Waals surface area contributed by atoms with Crippen LogP contribution in [0.1, 0.15) is 105 Å². The minimum atomic E-state index is -0.927. The molecule has 0 spiro atoms. The molecular weight excluding hydrogens is 351 g/mol. The Kier molecular flexibility index (Phi) is 20.9. The summed E-state index contributed by atoms with van der Waals surface area (Å²) < 4.78 is 0. The van der Waals surface area contributed by atoms with E-state index in [2.05, 4.69) is 27.7 Å². The summed E-state index contributed by atoms with van der Waals surface area (Å²) >= 11 is 0. The van der Waals surface area contributed by atoms with E-state index in [1.807, 2.05) is 0 Å². The summed E-state index contributed by atoms with van der Waals surface area (Å²) in [7, 11) is -0.927. The van der Waals surface area contributed by atoms with E-state index in [-0.39, 0.29) is 17.0 Å². The fraction of sp³-hybridized carbons (Fsp3) is 1.00. The van der Waals surface area contributed by atoms with Gasteiger partial charge in [0, 0.05) is 0 Å². The standard InChI is InChI=1S/C20H45P.BrH/c1-5-9-13-14-15-16-20-21(17-10-6-2,18-11-7-3)19-12-8-4;/h21H,5-20H2,1-4H3;1H. The first kappa shape index (κ1) is 25.2. The molecule has 0 aromatic rings. The van der Waals surface area contributed by atoms with E-state index in [0.717, 1.165) is 0 Å². The van der Waals surface area contributed by atoms with Crippen LogP contribution in [0.15, 0.2) is 0 Å². The van der Waals surface area contributed by atoms with E-state index in [9.17, 15) is 0 Å². The van der Waals surface area contributed by atoms with Crippen molar-refractivity contribution in [2.45, 2.75) is 105 Å². The number of hydrogen-bond donors (Lipinski definition) is 0. The number of unbranched alkanes of at least 4 members (excludes halogenated alkanes) is 8. The van der Waals surface area contributed by atoms with Crippen LogP contribution in [0.2, 0.25) is 0 Å². The predicted molar refractivity (Wildman–Crippen MR) is 116 cm³/mol. The first-order valence-corrected chi connectivity index (χ1v) is 13.1. The average Bonchev–Trinajstić information content (AvgIpc) is 2.51. The molecule has 0 saturated heterocycles. The first-order chi connectivity index (χ1) is 10.2. The van der Waals surface area contributed by atoms with Crippen LogP contribution in [-0.2, 0) is 0 Å². The van der Waals surface area contributed by atoms with E-state index in [4.69, 9.17) is 0 Å². The van der Waals surface area contributed by atoms with Crippen LogP contribution in [0.3, 0.4) is 0 Å². The molecule has 0 unspecified atom stereocenters. The van der Waals surface area contributed by atoms with Gasteiger partial charge in [-0.25, -0.2) is 0 Å². The molecule has 0 nitrogen and oxygen atoms in total. The van der Waals surface area contributed by atoms with Crippen LogP contribution in [0.5, 0.6) is 0 Å². The summed E-state index contributed by atoms with van der Waals surface area (Å²) in [6, 6.07) is 0. The molecule has 0 N–H and O–H groups in total. The van der Waals surface area contributed by atoms with Gasteiger partial charge in [0.15, 0.2) is 0 Å². The molecule has 138 valence electrons. The molecule has 0 radical (unpaired) electrons. The Morgan fingerprint density at radius 3 is 1.14 bits per heavy atom. The van der Waals surface area contributed by atoms with E-state index >= 15 is 0 Å². The summed E-state index contributed by atoms with van der Waals surface area (Å²) in [6.07, 6.45) is 24.2. The van der Waals surface area contributed by atoms with E-state index in [1.165, 1.54) is 70.6 Å². The number of halogens is 1. The summed E-state index contributed by atoms with van der Waals surface area (Å²) in [4.78, 5) is 0. The third-order valence-corrected chi connectivity index (χ3v) is 10.9. The van der Waals surface area contributed by atoms with E-state index in [1.54, 1.807) is 31.1 Å². The van der Waals surface area contributed by atoms with Gasteiger partial charge in [-0.3, -0.25) is 0 Å². The van der Waals surface area contributed by atoms with Crippen molar-refractivity contribution in [1.82, 2.24) is 0 Å². The molecule has 22 heavy (non-hydrogen) atoms. The quantitative estimate of drug-likeness (QED) is 0.182. The second kappa shape index (κ2) is 18.3. The van der Waals surface area contributed by atoms with Crippen molar-refractivity contribution in [2.75, 3.05) is 24.6 Å². The van der Waals surface area contributed by atoms with Gasteiger partial charge in [-0.05, 0) is 0 Å². The van der Waals surface area contributed by atoms with Crippen molar-refractivity contribution >= 4 is 24.2 Å². The molecule has 0 fully saturated rings. The van der Waals surface area contributed by atoms with Crippen LogP contribution in [0.25, 0.3) is 0 Å². The molecule has 0 heterocycles. The molecule has 0 atom stereocenters. The molecule has 0 aromatic carbocycles. The molecule has 2 heteroatoms. The monoisotopic (exact) mass is 396 g/mol. The molecule has 0 aliphatic carbocycles. The topological polar surface area (TPSA) is 0 Å². The molecular formula is C20H46BrP. The average molecular weight is 397 g/mol. The summed E-state index contributed by atoms with van der Waals surface area (Å²) in [6.45, 7) is 9.45. The van der Waals surface area contributed by atoms with Crippen LogP contribution >= 0.6 is 24.2 Å². The Balaban J connectivity index is 0. The van der Waals surface area contributed by atoms with Crippen LogP contribution in [0, 0.1) is 0 Å². The fourth-order valence-corrected chi connectivity index (χ4v) is 9.50. The third kappa shape index (κ3) is 13.4. The molecule has 0 aliphatic rings. The van der Waals surface area contributed by atoms with Crippen molar-refractivity contribution in [1.29, 1.82) is 0 Å². The zero-order chi connectivity index (χ0) is 15.8. The van der Waals surface area contributed by atoms with Gasteiger partial charge in [0.25, 0.3) is 0 Å². The van der Waals surface area contributed by atoms with Gasteiger partial charge in [0.1, 0.15) is 0 Å². The second-order valence-corrected chi connectivity index (χ2v) is 12.3. The molecule has 0 rings (SSSR count). The van der Waals surface area contributed by atoms with Gasteiger partial charge in [0.05, 0.1) is 0 Å². The fourth-order valence-electron chi connectivity index (χ4n) is 3.69. The van der Waals surface area contributed by atoms with Crippen LogP contribution < -0.4 is 0 Å². The van der Waals surface area contributed by atoms with Crippen molar-refractivity contribution in [3.63, 3.8) is 0 Å². The summed E-state index contributed by atoms with van der Waals surface area (Å²) in [5.41, 5.74) is 0. The Morgan fingerprint density at radius 2 is 0.727 bits per heavy atom. The number of hydrogen-bond acceptors (Lipinski definition) is 0. The first-order valence-electron chi connectivity index (χ1n) is 10.2. The van der Waals surface area contributed by atoms with Gasteiger partial charge in [0.2, 0.25) is 0 Å². The van der Waals surface area contributed by atoms with E-state index < -0.39 is 7.26 Å². The zero-order valence-electron chi connectivity index (χ0n) is 16.2. The Hall–Kier alpha value is 0.910. The maximum absolute atomic E-state index is 2.38. The van der Waals surface area contributed by atoms with Crippen molar-refractivity contribution in [2.24, 2.45) is 0 Å². The Labute approximate surface area is 153 Å². The predicted octanol–water partition coefficient (Wildman–Crippen LogP) is 8.08. The van der Waals surface area contributed by atoms with Gasteiger partial charge in [-0.2, -0.15) is 0 Å². The maximum atomic E-state index is 2.38. The Morgan fingerprint density at radius 1 is 0.409 bits per heavy atom. The zero-order valence-corrected chi connectivity index (χ0v) is 18.9. The Bertz CT molecular complexity index is 184.